The lowest BCUT2D eigenvalue weighted by Gasteiger charge is -2.19. The average molecular weight is 360 g/mol. The van der Waals surface area contributed by atoms with Crippen LogP contribution in [0, 0.1) is 17.3 Å². The molecule has 0 bridgehead atoms. The van der Waals surface area contributed by atoms with Crippen molar-refractivity contribution in [2.45, 2.75) is 13.8 Å². The van der Waals surface area contributed by atoms with Crippen LogP contribution in [-0.2, 0) is 7.05 Å². The van der Waals surface area contributed by atoms with Gasteiger partial charge in [-0.3, -0.25) is 0 Å². The highest BCUT2D eigenvalue weighted by Crippen LogP contribution is 2.34. The van der Waals surface area contributed by atoms with Crippen LogP contribution in [0.4, 0.5) is 0 Å². The van der Waals surface area contributed by atoms with Gasteiger partial charge in [0.2, 0.25) is 5.82 Å². The zero-order valence-electron chi connectivity index (χ0n) is 15.6. The predicted molar refractivity (Wildman–Crippen MR) is 101 cm³/mol. The molecule has 0 amide bonds. The molecule has 1 aliphatic heterocycles. The lowest BCUT2D eigenvalue weighted by atomic mass is 9.97. The second kappa shape index (κ2) is 6.76. The molecule has 0 fully saturated rings. The van der Waals surface area contributed by atoms with Crippen LogP contribution in [0.5, 0.6) is 11.5 Å². The van der Waals surface area contributed by atoms with E-state index >= 15 is 0 Å². The number of hydrogen-bond acceptors (Lipinski definition) is 5. The summed E-state index contributed by atoms with van der Waals surface area (Å²) in [6.45, 7) is 5.51. The van der Waals surface area contributed by atoms with E-state index in [1.54, 1.807) is 7.05 Å². The molecule has 0 N–H and O–H groups in total. The Hall–Kier alpha value is -3.33. The quantitative estimate of drug-likeness (QED) is 0.624. The van der Waals surface area contributed by atoms with Gasteiger partial charge in [-0.25, -0.2) is 0 Å². The van der Waals surface area contributed by atoms with Crippen LogP contribution >= 0.6 is 0 Å². The van der Waals surface area contributed by atoms with Gasteiger partial charge < -0.3 is 9.47 Å². The van der Waals surface area contributed by atoms with Crippen LogP contribution in [0.25, 0.3) is 11.4 Å². The number of nitrogens with zero attached hydrogens (tertiary/aromatic N) is 4. The zero-order chi connectivity index (χ0) is 18.9. The van der Waals surface area contributed by atoms with E-state index < -0.39 is 0 Å². The lowest BCUT2D eigenvalue weighted by molar-refractivity contribution is 0.140. The second-order valence-corrected chi connectivity index (χ2v) is 7.33. The van der Waals surface area contributed by atoms with Crippen LogP contribution in [0.2, 0.25) is 0 Å². The highest BCUT2D eigenvalue weighted by molar-refractivity contribution is 5.57. The number of fused-ring (bicyclic) bond motifs is 1. The van der Waals surface area contributed by atoms with Crippen molar-refractivity contribution in [3.63, 3.8) is 0 Å². The number of hydrogen-bond donors (Lipinski definition) is 0. The van der Waals surface area contributed by atoms with Gasteiger partial charge in [0.25, 0.3) is 0 Å². The molecule has 2 heterocycles. The molecule has 4 rings (SSSR count). The van der Waals surface area contributed by atoms with Gasteiger partial charge in [0, 0.05) is 22.1 Å². The zero-order valence-corrected chi connectivity index (χ0v) is 15.6. The molecule has 0 saturated heterocycles. The fourth-order valence-corrected chi connectivity index (χ4v) is 2.65. The van der Waals surface area contributed by atoms with E-state index in [0.717, 1.165) is 28.2 Å². The lowest BCUT2D eigenvalue weighted by Crippen LogP contribution is -2.26. The van der Waals surface area contributed by atoms with E-state index in [1.165, 1.54) is 4.80 Å². The Labute approximate surface area is 158 Å². The topological polar surface area (TPSA) is 62.1 Å². The summed E-state index contributed by atoms with van der Waals surface area (Å²) in [5.74, 6) is 8.47. The minimum Gasteiger partial charge on any atom is -0.489 e. The molecular weight excluding hydrogens is 340 g/mol. The van der Waals surface area contributed by atoms with Crippen molar-refractivity contribution in [2.24, 2.45) is 12.5 Å². The molecule has 1 aliphatic rings. The van der Waals surface area contributed by atoms with Gasteiger partial charge in [0.05, 0.1) is 20.3 Å². The molecule has 3 aromatic rings. The van der Waals surface area contributed by atoms with Crippen LogP contribution in [0.15, 0.2) is 42.5 Å². The first-order chi connectivity index (χ1) is 13.0. The number of tetrazole rings is 1. The Balaban J connectivity index is 1.52. The fourth-order valence-electron chi connectivity index (χ4n) is 2.65. The minimum atomic E-state index is -0.00933. The third-order valence-corrected chi connectivity index (χ3v) is 4.18. The first-order valence-corrected chi connectivity index (χ1v) is 8.75. The van der Waals surface area contributed by atoms with E-state index in [-0.39, 0.29) is 5.41 Å². The van der Waals surface area contributed by atoms with Gasteiger partial charge in [-0.2, -0.15) is 4.80 Å². The maximum atomic E-state index is 5.91. The van der Waals surface area contributed by atoms with Gasteiger partial charge in [-0.05, 0) is 47.7 Å². The monoisotopic (exact) mass is 360 g/mol. The van der Waals surface area contributed by atoms with Crippen molar-refractivity contribution in [3.05, 3.63) is 53.6 Å². The number of rotatable bonds is 1. The van der Waals surface area contributed by atoms with Crippen molar-refractivity contribution in [2.75, 3.05) is 13.2 Å². The summed E-state index contributed by atoms with van der Waals surface area (Å²) in [5, 5.41) is 12.1. The van der Waals surface area contributed by atoms with Crippen LogP contribution in [0.3, 0.4) is 0 Å². The Morgan fingerprint density at radius 2 is 1.59 bits per heavy atom. The van der Waals surface area contributed by atoms with Crippen LogP contribution in [-0.4, -0.2) is 33.4 Å². The number of ether oxygens (including phenoxy) is 2. The predicted octanol–water partition coefficient (Wildman–Crippen LogP) is 3.07. The van der Waals surface area contributed by atoms with Crippen molar-refractivity contribution in [1.29, 1.82) is 0 Å². The van der Waals surface area contributed by atoms with Gasteiger partial charge in [-0.15, -0.1) is 10.2 Å². The smallest absolute Gasteiger partial charge is 0.204 e. The number of aromatic nitrogens is 4. The normalized spacial score (nSPS) is 14.8. The summed E-state index contributed by atoms with van der Waals surface area (Å²) in [5.41, 5.74) is 2.70. The molecule has 6 heteroatoms. The molecule has 0 radical (unpaired) electrons. The minimum absolute atomic E-state index is 0.00933. The highest BCUT2D eigenvalue weighted by atomic mass is 16.5. The van der Waals surface area contributed by atoms with E-state index in [9.17, 15) is 0 Å². The highest BCUT2D eigenvalue weighted by Gasteiger charge is 2.25. The molecule has 136 valence electrons. The van der Waals surface area contributed by atoms with Crippen molar-refractivity contribution < 1.29 is 9.47 Å². The standard InChI is InChI=1S/C21H20N4O2/c1-21(2)13-26-18-11-8-16(12-19(18)27-14-21)5-4-15-6-9-17(10-7-15)20-22-24-25(3)23-20/h6-12H,13-14H2,1-3H3. The van der Waals surface area contributed by atoms with Crippen LogP contribution < -0.4 is 9.47 Å². The van der Waals surface area contributed by atoms with Crippen molar-refractivity contribution >= 4 is 0 Å². The molecule has 6 nitrogen and oxygen atoms in total. The fraction of sp³-hybridized carbons (Fsp3) is 0.286. The number of benzene rings is 2. The average Bonchev–Trinajstić information content (AvgIpc) is 3.04. The van der Waals surface area contributed by atoms with Gasteiger partial charge >= 0.3 is 0 Å². The number of aryl methyl sites for hydroxylation is 1. The molecule has 0 atom stereocenters. The van der Waals surface area contributed by atoms with Crippen LogP contribution in [0.1, 0.15) is 25.0 Å². The Bertz CT molecular complexity index is 1030. The Kier molecular flexibility index (Phi) is 4.28. The van der Waals surface area contributed by atoms with Gasteiger partial charge in [0.1, 0.15) is 0 Å². The van der Waals surface area contributed by atoms with E-state index in [4.69, 9.17) is 9.47 Å². The van der Waals surface area contributed by atoms with Crippen molar-refractivity contribution in [3.8, 4) is 34.7 Å². The summed E-state index contributed by atoms with van der Waals surface area (Å²) in [6.07, 6.45) is 0. The maximum Gasteiger partial charge on any atom is 0.204 e. The van der Waals surface area contributed by atoms with E-state index in [0.29, 0.717) is 19.0 Å². The molecule has 2 aromatic carbocycles. The molecule has 0 saturated carbocycles. The molecular formula is C21H20N4O2. The first-order valence-electron chi connectivity index (χ1n) is 8.75. The summed E-state index contributed by atoms with van der Waals surface area (Å²) < 4.78 is 11.8. The van der Waals surface area contributed by atoms with Crippen molar-refractivity contribution in [1.82, 2.24) is 20.2 Å². The van der Waals surface area contributed by atoms with E-state index in [1.807, 2.05) is 42.5 Å². The van der Waals surface area contributed by atoms with Gasteiger partial charge in [-0.1, -0.05) is 25.7 Å². The molecule has 0 spiro atoms. The SMILES string of the molecule is Cn1nnc(-c2ccc(C#Cc3ccc4c(c3)OCC(C)(C)CO4)cc2)n1. The summed E-state index contributed by atoms with van der Waals surface area (Å²) >= 11 is 0. The largest absolute Gasteiger partial charge is 0.489 e. The summed E-state index contributed by atoms with van der Waals surface area (Å²) in [7, 11) is 1.74. The Morgan fingerprint density at radius 3 is 2.30 bits per heavy atom. The summed E-state index contributed by atoms with van der Waals surface area (Å²) in [4.78, 5) is 1.44. The first kappa shape index (κ1) is 17.1. The van der Waals surface area contributed by atoms with Gasteiger partial charge in [0.15, 0.2) is 11.5 Å². The molecule has 0 unspecified atom stereocenters. The second-order valence-electron chi connectivity index (χ2n) is 7.33. The molecule has 1 aromatic heterocycles. The summed E-state index contributed by atoms with van der Waals surface area (Å²) in [6, 6.07) is 13.6. The Morgan fingerprint density at radius 1 is 0.926 bits per heavy atom. The van der Waals surface area contributed by atoms with E-state index in [2.05, 4.69) is 41.1 Å². The third kappa shape index (κ3) is 3.93. The molecule has 27 heavy (non-hydrogen) atoms. The maximum absolute atomic E-state index is 5.91. The molecule has 0 aliphatic carbocycles. The third-order valence-electron chi connectivity index (χ3n) is 4.18.